The molecule has 1 amide bonds. The number of sulfonamides is 1. The van der Waals surface area contributed by atoms with Gasteiger partial charge in [-0.25, -0.2) is 13.9 Å². The highest BCUT2D eigenvalue weighted by atomic mass is 32.2. The number of piperazine rings is 1. The number of nitrogens with one attached hydrogen (secondary N) is 1. The van der Waals surface area contributed by atoms with Crippen molar-refractivity contribution in [2.45, 2.75) is 58.6 Å². The first kappa shape index (κ1) is 25.0. The quantitative estimate of drug-likeness (QED) is 0.509. The van der Waals surface area contributed by atoms with Crippen molar-refractivity contribution in [2.24, 2.45) is 0 Å². The molecule has 180 valence electrons. The molecule has 32 heavy (non-hydrogen) atoms. The number of nitrogens with zero attached hydrogens (tertiary/aromatic N) is 3. The van der Waals surface area contributed by atoms with Crippen LogP contribution in [0.1, 0.15) is 47.6 Å². The van der Waals surface area contributed by atoms with Crippen LogP contribution in [0, 0.1) is 27.7 Å². The van der Waals surface area contributed by atoms with Gasteiger partial charge < -0.3 is 9.80 Å². The van der Waals surface area contributed by atoms with Crippen molar-refractivity contribution >= 4 is 21.6 Å². The summed E-state index contributed by atoms with van der Waals surface area (Å²) in [6.45, 7) is 13.6. The molecule has 0 spiro atoms. The molecule has 0 unspecified atom stereocenters. The molecule has 1 aromatic carbocycles. The zero-order valence-corrected chi connectivity index (χ0v) is 21.1. The van der Waals surface area contributed by atoms with Crippen LogP contribution in [0.15, 0.2) is 0 Å². The Kier molecular flexibility index (Phi) is 7.24. The Balaban J connectivity index is 1.86. The maximum Gasteiger partial charge on any atom is 0.266 e. The number of hydrogen-bond acceptors (Lipinski definition) is 6. The van der Waals surface area contributed by atoms with Crippen LogP contribution < -0.4 is 10.4 Å². The summed E-state index contributed by atoms with van der Waals surface area (Å²) in [5.41, 5.74) is 9.37. The number of amides is 1. The summed E-state index contributed by atoms with van der Waals surface area (Å²) in [5, 5.41) is 9.32. The molecule has 9 heteroatoms. The third kappa shape index (κ3) is 3.93. The number of piperidine rings is 1. The molecule has 2 aliphatic heterocycles. The minimum atomic E-state index is -3.93. The Bertz CT molecular complexity index is 947. The van der Waals surface area contributed by atoms with Crippen LogP contribution in [0.3, 0.4) is 0 Å². The van der Waals surface area contributed by atoms with Crippen LogP contribution in [0.5, 0.6) is 0 Å². The van der Waals surface area contributed by atoms with Gasteiger partial charge in [0.2, 0.25) is 10.0 Å². The molecule has 0 bridgehead atoms. The molecule has 2 fully saturated rings. The molecule has 2 heterocycles. The predicted octanol–water partition coefficient (Wildman–Crippen LogP) is 1.90. The zero-order chi connectivity index (χ0) is 23.8. The molecule has 0 aliphatic carbocycles. The van der Waals surface area contributed by atoms with E-state index in [0.717, 1.165) is 6.42 Å². The minimum absolute atomic E-state index is 0.174. The van der Waals surface area contributed by atoms with Crippen molar-refractivity contribution in [3.63, 3.8) is 0 Å². The van der Waals surface area contributed by atoms with Gasteiger partial charge in [0, 0.05) is 31.9 Å². The summed E-state index contributed by atoms with van der Waals surface area (Å²) in [6, 6.07) is 0. The molecule has 2 aliphatic rings. The molecule has 0 atom stereocenters. The largest absolute Gasteiger partial charge is 0.368 e. The second-order valence-electron chi connectivity index (χ2n) is 9.31. The fourth-order valence-corrected chi connectivity index (χ4v) is 7.57. The van der Waals surface area contributed by atoms with Crippen molar-refractivity contribution in [2.75, 3.05) is 51.2 Å². The Labute approximate surface area is 192 Å². The molecule has 0 saturated carbocycles. The highest BCUT2D eigenvalue weighted by Crippen LogP contribution is 2.37. The highest BCUT2D eigenvalue weighted by molar-refractivity contribution is 7.91. The van der Waals surface area contributed by atoms with E-state index in [0.29, 0.717) is 39.3 Å². The summed E-state index contributed by atoms with van der Waals surface area (Å²) in [5.74, 6) is -0.818. The lowest BCUT2D eigenvalue weighted by Gasteiger charge is -2.44. The van der Waals surface area contributed by atoms with Gasteiger partial charge in [-0.1, -0.05) is 6.92 Å². The first-order valence-electron chi connectivity index (χ1n) is 11.5. The van der Waals surface area contributed by atoms with Gasteiger partial charge in [0.1, 0.15) is 0 Å². The summed E-state index contributed by atoms with van der Waals surface area (Å²) in [4.78, 5) is 16.9. The van der Waals surface area contributed by atoms with E-state index >= 15 is 0 Å². The summed E-state index contributed by atoms with van der Waals surface area (Å²) in [6.07, 6.45) is 1.34. The lowest BCUT2D eigenvalue weighted by Crippen LogP contribution is -2.63. The molecular formula is C23H38N4O4S. The number of hydrogen-bond donors (Lipinski definition) is 2. The fourth-order valence-electron chi connectivity index (χ4n) is 5.46. The molecule has 0 aromatic heterocycles. The van der Waals surface area contributed by atoms with E-state index < -0.39 is 20.7 Å². The number of anilines is 1. The monoisotopic (exact) mass is 466 g/mol. The third-order valence-electron chi connectivity index (χ3n) is 7.79. The van der Waals surface area contributed by atoms with Gasteiger partial charge in [0.15, 0.2) is 4.75 Å². The molecule has 2 N–H and O–H groups in total. The van der Waals surface area contributed by atoms with E-state index in [2.05, 4.69) is 39.5 Å². The van der Waals surface area contributed by atoms with Crippen LogP contribution in [-0.2, 0) is 21.2 Å². The van der Waals surface area contributed by atoms with Gasteiger partial charge >= 0.3 is 0 Å². The average molecular weight is 467 g/mol. The molecular weight excluding hydrogens is 428 g/mol. The van der Waals surface area contributed by atoms with Crippen LogP contribution in [0.25, 0.3) is 0 Å². The smallest absolute Gasteiger partial charge is 0.266 e. The maximum atomic E-state index is 13.7. The van der Waals surface area contributed by atoms with E-state index in [1.807, 2.05) is 11.9 Å². The molecule has 3 rings (SSSR count). The van der Waals surface area contributed by atoms with Crippen LogP contribution >= 0.6 is 0 Å². The van der Waals surface area contributed by atoms with Gasteiger partial charge in [0.05, 0.1) is 0 Å². The molecule has 2 saturated heterocycles. The predicted molar refractivity (Wildman–Crippen MR) is 127 cm³/mol. The van der Waals surface area contributed by atoms with E-state index in [4.69, 9.17) is 0 Å². The van der Waals surface area contributed by atoms with Crippen molar-refractivity contribution in [1.29, 1.82) is 0 Å². The van der Waals surface area contributed by atoms with Crippen LogP contribution in [-0.4, -0.2) is 79.8 Å². The number of carbonyl (C=O) groups is 1. The number of likely N-dealkylation sites (tertiary alicyclic amines) is 1. The van der Waals surface area contributed by atoms with Crippen molar-refractivity contribution in [1.82, 2.24) is 14.7 Å². The van der Waals surface area contributed by atoms with Gasteiger partial charge in [-0.3, -0.25) is 10.0 Å². The lowest BCUT2D eigenvalue weighted by atomic mass is 9.90. The number of benzene rings is 1. The van der Waals surface area contributed by atoms with E-state index in [-0.39, 0.29) is 12.8 Å². The van der Waals surface area contributed by atoms with E-state index in [9.17, 15) is 18.4 Å². The molecule has 0 radical (unpaired) electrons. The Morgan fingerprint density at radius 3 is 1.88 bits per heavy atom. The third-order valence-corrected chi connectivity index (χ3v) is 10.4. The lowest BCUT2D eigenvalue weighted by molar-refractivity contribution is -0.133. The summed E-state index contributed by atoms with van der Waals surface area (Å²) >= 11 is 0. The summed E-state index contributed by atoms with van der Waals surface area (Å²) < 4.78 is 27.2. The van der Waals surface area contributed by atoms with Crippen LogP contribution in [0.4, 0.5) is 5.69 Å². The minimum Gasteiger partial charge on any atom is -0.368 e. The highest BCUT2D eigenvalue weighted by Gasteiger charge is 2.54. The zero-order valence-electron chi connectivity index (χ0n) is 20.3. The van der Waals surface area contributed by atoms with Crippen molar-refractivity contribution in [3.8, 4) is 0 Å². The second kappa shape index (κ2) is 9.29. The maximum absolute atomic E-state index is 13.7. The number of hydroxylamine groups is 1. The van der Waals surface area contributed by atoms with E-state index in [1.165, 1.54) is 37.8 Å². The fraction of sp³-hybridized carbons (Fsp3) is 0.696. The summed E-state index contributed by atoms with van der Waals surface area (Å²) in [7, 11) is -2.02. The van der Waals surface area contributed by atoms with Gasteiger partial charge in [-0.05, 0) is 94.9 Å². The standard InChI is InChI=1S/C23H38N4O4S/c1-7-20-16(2)18(4)21(19(5)17(20)3)26-12-14-27(15-13-26)32(30,31)23(22(28)24-29)8-10-25(6)11-9-23/h29H,7-15H2,1-6H3,(H,24,28). The topological polar surface area (TPSA) is 93.2 Å². The second-order valence-corrected chi connectivity index (χ2v) is 11.6. The van der Waals surface area contributed by atoms with E-state index in [1.54, 1.807) is 5.48 Å². The first-order valence-corrected chi connectivity index (χ1v) is 12.9. The first-order chi connectivity index (χ1) is 15.0. The Morgan fingerprint density at radius 2 is 1.44 bits per heavy atom. The normalized spacial score (nSPS) is 20.4. The van der Waals surface area contributed by atoms with Crippen LogP contribution in [0.2, 0.25) is 0 Å². The Morgan fingerprint density at radius 1 is 0.938 bits per heavy atom. The average Bonchev–Trinajstić information content (AvgIpc) is 2.78. The van der Waals surface area contributed by atoms with Gasteiger partial charge in [-0.2, -0.15) is 4.31 Å². The Hall–Kier alpha value is -1.68. The number of carbonyl (C=O) groups excluding carboxylic acids is 1. The SMILES string of the molecule is CCc1c(C)c(C)c(N2CCN(S(=O)(=O)C3(C(=O)NO)CCN(C)CC3)CC2)c(C)c1C. The molecule has 1 aromatic rings. The van der Waals surface area contributed by atoms with Crippen molar-refractivity contribution < 1.29 is 18.4 Å². The van der Waals surface area contributed by atoms with Gasteiger partial charge in [-0.15, -0.1) is 0 Å². The van der Waals surface area contributed by atoms with Gasteiger partial charge in [0.25, 0.3) is 5.91 Å². The van der Waals surface area contributed by atoms with Crippen molar-refractivity contribution in [3.05, 3.63) is 27.8 Å². The molecule has 8 nitrogen and oxygen atoms in total. The number of rotatable bonds is 5.